The molecule has 1 amide bonds. The molecule has 0 spiro atoms. The van der Waals surface area contributed by atoms with Crippen molar-refractivity contribution < 1.29 is 14.7 Å². The van der Waals surface area contributed by atoms with Gasteiger partial charge in [0.05, 0.1) is 22.3 Å². The molecule has 3 aromatic rings. The first kappa shape index (κ1) is 22.4. The van der Waals surface area contributed by atoms with E-state index in [1.54, 1.807) is 41.3 Å². The Bertz CT molecular complexity index is 1250. The third kappa shape index (κ3) is 4.38. The van der Waals surface area contributed by atoms with Gasteiger partial charge in [-0.1, -0.05) is 41.6 Å². The van der Waals surface area contributed by atoms with Crippen molar-refractivity contribution in [1.29, 1.82) is 0 Å². The minimum absolute atomic E-state index is 0.0837. The lowest BCUT2D eigenvalue weighted by Crippen LogP contribution is -2.44. The first-order valence-corrected chi connectivity index (χ1v) is 11.6. The van der Waals surface area contributed by atoms with Crippen LogP contribution in [0.25, 0.3) is 16.6 Å². The molecule has 1 saturated heterocycles. The largest absolute Gasteiger partial charge is 0.550 e. The SMILES string of the molecule is Cc1c(Cl)cccc1-n1c(SCC(=O)N2CCC(C(=O)[O-])CC2)nc2ccccc2c1=O. The molecule has 32 heavy (non-hydrogen) atoms. The number of hydrogen-bond acceptors (Lipinski definition) is 6. The Morgan fingerprint density at radius 1 is 1.16 bits per heavy atom. The van der Waals surface area contributed by atoms with Crippen LogP contribution in [0, 0.1) is 12.8 Å². The third-order valence-electron chi connectivity index (χ3n) is 5.73. The van der Waals surface area contributed by atoms with E-state index in [4.69, 9.17) is 11.6 Å². The van der Waals surface area contributed by atoms with Gasteiger partial charge in [0, 0.05) is 30.0 Å². The van der Waals surface area contributed by atoms with Crippen LogP contribution in [0.5, 0.6) is 0 Å². The summed E-state index contributed by atoms with van der Waals surface area (Å²) in [6, 6.07) is 12.4. The molecule has 1 aromatic heterocycles. The number of rotatable bonds is 5. The van der Waals surface area contributed by atoms with Gasteiger partial charge in [-0.15, -0.1) is 0 Å². The molecule has 1 aliphatic heterocycles. The van der Waals surface area contributed by atoms with Crippen molar-refractivity contribution in [2.75, 3.05) is 18.8 Å². The molecule has 9 heteroatoms. The van der Waals surface area contributed by atoms with Gasteiger partial charge in [0.2, 0.25) is 5.91 Å². The molecule has 0 atom stereocenters. The average molecular weight is 471 g/mol. The summed E-state index contributed by atoms with van der Waals surface area (Å²) in [4.78, 5) is 43.5. The number of hydrogen-bond donors (Lipinski definition) is 0. The molecule has 1 aliphatic rings. The van der Waals surface area contributed by atoms with Gasteiger partial charge < -0.3 is 14.8 Å². The van der Waals surface area contributed by atoms with Crippen molar-refractivity contribution in [1.82, 2.24) is 14.5 Å². The number of carbonyl (C=O) groups excluding carboxylic acids is 2. The number of para-hydroxylation sites is 1. The van der Waals surface area contributed by atoms with Gasteiger partial charge in [0.1, 0.15) is 0 Å². The molecule has 0 radical (unpaired) electrons. The van der Waals surface area contributed by atoms with E-state index in [2.05, 4.69) is 4.98 Å². The second-order valence-electron chi connectivity index (χ2n) is 7.70. The topological polar surface area (TPSA) is 95.3 Å². The molecule has 0 saturated carbocycles. The summed E-state index contributed by atoms with van der Waals surface area (Å²) in [6.07, 6.45) is 0.777. The Balaban J connectivity index is 1.65. The highest BCUT2D eigenvalue weighted by molar-refractivity contribution is 7.99. The van der Waals surface area contributed by atoms with Crippen LogP contribution in [0.4, 0.5) is 0 Å². The van der Waals surface area contributed by atoms with Gasteiger partial charge in [-0.05, 0) is 49.6 Å². The van der Waals surface area contributed by atoms with Gasteiger partial charge >= 0.3 is 0 Å². The average Bonchev–Trinajstić information content (AvgIpc) is 2.80. The van der Waals surface area contributed by atoms with Crippen molar-refractivity contribution >= 4 is 46.1 Å². The van der Waals surface area contributed by atoms with E-state index in [1.807, 2.05) is 13.0 Å². The maximum Gasteiger partial charge on any atom is 0.266 e. The molecule has 1 fully saturated rings. The smallest absolute Gasteiger partial charge is 0.266 e. The van der Waals surface area contributed by atoms with Gasteiger partial charge in [0.15, 0.2) is 5.16 Å². The zero-order valence-corrected chi connectivity index (χ0v) is 19.0. The number of thioether (sulfide) groups is 1. The fourth-order valence-electron chi connectivity index (χ4n) is 3.84. The molecular formula is C23H21ClN3O4S-. The fraction of sp³-hybridized carbons (Fsp3) is 0.304. The molecule has 2 aromatic carbocycles. The van der Waals surface area contributed by atoms with Crippen LogP contribution in [0.15, 0.2) is 52.4 Å². The van der Waals surface area contributed by atoms with Crippen LogP contribution in [-0.4, -0.2) is 45.2 Å². The van der Waals surface area contributed by atoms with Gasteiger partial charge in [0.25, 0.3) is 5.56 Å². The molecule has 0 N–H and O–H groups in total. The van der Waals surface area contributed by atoms with E-state index < -0.39 is 11.9 Å². The lowest BCUT2D eigenvalue weighted by molar-refractivity contribution is -0.312. The maximum atomic E-state index is 13.4. The standard InChI is InChI=1S/C23H22ClN3O4S/c1-14-17(24)6-4-8-19(14)27-21(29)16-5-2-3-7-18(16)25-23(27)32-13-20(28)26-11-9-15(10-12-26)22(30)31/h2-8,15H,9-13H2,1H3,(H,30,31)/p-1. The van der Waals surface area contributed by atoms with E-state index in [-0.39, 0.29) is 17.2 Å². The van der Waals surface area contributed by atoms with Crippen molar-refractivity contribution in [2.45, 2.75) is 24.9 Å². The fourth-order valence-corrected chi connectivity index (χ4v) is 4.92. The van der Waals surface area contributed by atoms with Crippen molar-refractivity contribution in [3.63, 3.8) is 0 Å². The minimum atomic E-state index is -1.06. The Kier molecular flexibility index (Phi) is 6.53. The monoisotopic (exact) mass is 470 g/mol. The zero-order valence-electron chi connectivity index (χ0n) is 17.4. The number of aromatic nitrogens is 2. The van der Waals surface area contributed by atoms with Crippen LogP contribution in [0.1, 0.15) is 18.4 Å². The van der Waals surface area contributed by atoms with E-state index in [0.29, 0.717) is 52.7 Å². The summed E-state index contributed by atoms with van der Waals surface area (Å²) in [5.74, 6) is -1.61. The van der Waals surface area contributed by atoms with Gasteiger partial charge in [-0.25, -0.2) is 4.98 Å². The van der Waals surface area contributed by atoms with Gasteiger partial charge in [-0.3, -0.25) is 14.2 Å². The number of carboxylic acids is 1. The summed E-state index contributed by atoms with van der Waals surface area (Å²) < 4.78 is 1.50. The minimum Gasteiger partial charge on any atom is -0.550 e. The van der Waals surface area contributed by atoms with Crippen LogP contribution in [0.2, 0.25) is 5.02 Å². The lowest BCUT2D eigenvalue weighted by Gasteiger charge is -2.32. The van der Waals surface area contributed by atoms with Crippen LogP contribution in [-0.2, 0) is 9.59 Å². The van der Waals surface area contributed by atoms with Gasteiger partial charge in [-0.2, -0.15) is 0 Å². The highest BCUT2D eigenvalue weighted by atomic mass is 35.5. The predicted octanol–water partition coefficient (Wildman–Crippen LogP) is 2.43. The first-order valence-electron chi connectivity index (χ1n) is 10.3. The Morgan fingerprint density at radius 2 is 1.88 bits per heavy atom. The number of carbonyl (C=O) groups is 2. The van der Waals surface area contributed by atoms with Crippen molar-refractivity contribution in [3.05, 3.63) is 63.4 Å². The molecule has 0 bridgehead atoms. The first-order chi connectivity index (χ1) is 15.4. The molecule has 7 nitrogen and oxygen atoms in total. The summed E-state index contributed by atoms with van der Waals surface area (Å²) in [5.41, 5.74) is 1.68. The molecule has 2 heterocycles. The van der Waals surface area contributed by atoms with Crippen molar-refractivity contribution in [3.8, 4) is 5.69 Å². The number of carboxylic acid groups (broad SMARTS) is 1. The van der Waals surface area contributed by atoms with E-state index in [0.717, 1.165) is 5.56 Å². The Morgan fingerprint density at radius 3 is 2.59 bits per heavy atom. The van der Waals surface area contributed by atoms with E-state index >= 15 is 0 Å². The van der Waals surface area contributed by atoms with Crippen molar-refractivity contribution in [2.24, 2.45) is 5.92 Å². The van der Waals surface area contributed by atoms with Crippen LogP contribution >= 0.6 is 23.4 Å². The number of amides is 1. The van der Waals surface area contributed by atoms with Crippen LogP contribution < -0.4 is 10.7 Å². The summed E-state index contributed by atoms with van der Waals surface area (Å²) in [5, 5.41) is 12.4. The predicted molar refractivity (Wildman–Crippen MR) is 122 cm³/mol. The number of piperidine rings is 1. The molecular weight excluding hydrogens is 450 g/mol. The Labute approximate surface area is 194 Å². The maximum absolute atomic E-state index is 13.4. The van der Waals surface area contributed by atoms with E-state index in [9.17, 15) is 19.5 Å². The molecule has 0 aliphatic carbocycles. The number of fused-ring (bicyclic) bond motifs is 1. The summed E-state index contributed by atoms with van der Waals surface area (Å²) in [6.45, 7) is 2.59. The summed E-state index contributed by atoms with van der Waals surface area (Å²) >= 11 is 7.48. The quantitative estimate of drug-likeness (QED) is 0.420. The molecule has 4 rings (SSSR count). The molecule has 166 valence electrons. The Hall–Kier alpha value is -2.84. The number of nitrogens with zero attached hydrogens (tertiary/aromatic N) is 3. The van der Waals surface area contributed by atoms with Crippen LogP contribution in [0.3, 0.4) is 0 Å². The third-order valence-corrected chi connectivity index (χ3v) is 7.06. The highest BCUT2D eigenvalue weighted by Gasteiger charge is 2.24. The number of likely N-dealkylation sites (tertiary alicyclic amines) is 1. The normalized spacial score (nSPS) is 14.6. The number of aliphatic carboxylic acids is 1. The second-order valence-corrected chi connectivity index (χ2v) is 9.05. The molecule has 0 unspecified atom stereocenters. The zero-order chi connectivity index (χ0) is 22.8. The number of benzene rings is 2. The summed E-state index contributed by atoms with van der Waals surface area (Å²) in [7, 11) is 0. The number of halogens is 1. The highest BCUT2D eigenvalue weighted by Crippen LogP contribution is 2.27. The lowest BCUT2D eigenvalue weighted by atomic mass is 9.97. The second kappa shape index (κ2) is 9.34. The van der Waals surface area contributed by atoms with E-state index in [1.165, 1.54) is 16.3 Å².